The summed E-state index contributed by atoms with van der Waals surface area (Å²) >= 11 is 3.30. The lowest BCUT2D eigenvalue weighted by Gasteiger charge is -2.11. The highest BCUT2D eigenvalue weighted by atomic mass is 79.9. The van der Waals surface area contributed by atoms with Gasteiger partial charge in [0.05, 0.1) is 10.7 Å². The molecule has 4 nitrogen and oxygen atoms in total. The molecule has 0 spiro atoms. The van der Waals surface area contributed by atoms with E-state index in [1.165, 1.54) is 24.3 Å². The van der Waals surface area contributed by atoms with Gasteiger partial charge in [0.2, 0.25) is 5.78 Å². The highest BCUT2D eigenvalue weighted by Gasteiger charge is 2.20. The number of alkyl halides is 2. The number of carbonyl (C=O) groups is 1. The van der Waals surface area contributed by atoms with Crippen molar-refractivity contribution in [2.24, 2.45) is 0 Å². The van der Waals surface area contributed by atoms with Crippen molar-refractivity contribution in [2.45, 2.75) is 26.5 Å². The minimum Gasteiger partial charge on any atom is -0.435 e. The van der Waals surface area contributed by atoms with Crippen LogP contribution in [0.4, 0.5) is 8.78 Å². The zero-order valence-electron chi connectivity index (χ0n) is 11.4. The summed E-state index contributed by atoms with van der Waals surface area (Å²) in [5.41, 5.74) is 0.798. The maximum Gasteiger partial charge on any atom is 0.387 e. The van der Waals surface area contributed by atoms with Crippen molar-refractivity contribution >= 4 is 21.7 Å². The predicted molar refractivity (Wildman–Crippen MR) is 76.8 cm³/mol. The van der Waals surface area contributed by atoms with Crippen LogP contribution in [0.1, 0.15) is 35.9 Å². The SMILES string of the molecule is CC(C)n1ncc(Br)c1C(=O)c1ccc(OC(F)F)cc1. The Morgan fingerprint density at radius 2 is 1.90 bits per heavy atom. The van der Waals surface area contributed by atoms with Crippen LogP contribution in [0.25, 0.3) is 0 Å². The smallest absolute Gasteiger partial charge is 0.387 e. The van der Waals surface area contributed by atoms with Crippen molar-refractivity contribution in [3.63, 3.8) is 0 Å². The maximum absolute atomic E-state index is 12.5. The average Bonchev–Trinajstić information content (AvgIpc) is 2.80. The van der Waals surface area contributed by atoms with E-state index in [0.29, 0.717) is 15.7 Å². The Hall–Kier alpha value is -1.76. The summed E-state index contributed by atoms with van der Waals surface area (Å²) in [5.74, 6) is -0.227. The molecule has 1 heterocycles. The molecule has 112 valence electrons. The van der Waals surface area contributed by atoms with Gasteiger partial charge in [-0.1, -0.05) is 0 Å². The molecule has 0 unspecified atom stereocenters. The average molecular weight is 359 g/mol. The van der Waals surface area contributed by atoms with Crippen LogP contribution in [-0.2, 0) is 0 Å². The van der Waals surface area contributed by atoms with Crippen LogP contribution in [0.2, 0.25) is 0 Å². The largest absolute Gasteiger partial charge is 0.435 e. The lowest BCUT2D eigenvalue weighted by molar-refractivity contribution is -0.0498. The molecule has 0 amide bonds. The van der Waals surface area contributed by atoms with Crippen molar-refractivity contribution in [3.8, 4) is 5.75 Å². The van der Waals surface area contributed by atoms with E-state index in [2.05, 4.69) is 25.8 Å². The quantitative estimate of drug-likeness (QED) is 0.757. The summed E-state index contributed by atoms with van der Waals surface area (Å²) in [7, 11) is 0. The minimum absolute atomic E-state index is 0.0120. The number of nitrogens with zero attached hydrogens (tertiary/aromatic N) is 2. The van der Waals surface area contributed by atoms with E-state index in [4.69, 9.17) is 0 Å². The van der Waals surface area contributed by atoms with Crippen molar-refractivity contribution < 1.29 is 18.3 Å². The fourth-order valence-corrected chi connectivity index (χ4v) is 2.32. The zero-order valence-corrected chi connectivity index (χ0v) is 13.0. The molecule has 1 aromatic carbocycles. The second-order valence-corrected chi connectivity index (χ2v) is 5.47. The van der Waals surface area contributed by atoms with Gasteiger partial charge in [0, 0.05) is 11.6 Å². The molecule has 0 saturated heterocycles. The third kappa shape index (κ3) is 3.47. The van der Waals surface area contributed by atoms with Crippen LogP contribution in [-0.4, -0.2) is 22.2 Å². The first-order valence-electron chi connectivity index (χ1n) is 6.22. The van der Waals surface area contributed by atoms with E-state index in [9.17, 15) is 13.6 Å². The lowest BCUT2D eigenvalue weighted by Crippen LogP contribution is -2.14. The van der Waals surface area contributed by atoms with Crippen LogP contribution < -0.4 is 4.74 Å². The van der Waals surface area contributed by atoms with Gasteiger partial charge in [-0.3, -0.25) is 9.48 Å². The third-order valence-electron chi connectivity index (χ3n) is 2.80. The predicted octanol–water partition coefficient (Wildman–Crippen LogP) is 4.06. The first kappa shape index (κ1) is 15.6. The molecular weight excluding hydrogens is 346 g/mol. The summed E-state index contributed by atoms with van der Waals surface area (Å²) in [6.07, 6.45) is 1.56. The highest BCUT2D eigenvalue weighted by molar-refractivity contribution is 9.10. The van der Waals surface area contributed by atoms with Gasteiger partial charge in [-0.2, -0.15) is 13.9 Å². The Kier molecular flexibility index (Phi) is 4.72. The Morgan fingerprint density at radius 1 is 1.29 bits per heavy atom. The van der Waals surface area contributed by atoms with Crippen molar-refractivity contribution in [2.75, 3.05) is 0 Å². The Labute approximate surface area is 128 Å². The number of benzene rings is 1. The molecule has 2 aromatic rings. The molecule has 2 rings (SSSR count). The number of hydrogen-bond acceptors (Lipinski definition) is 3. The van der Waals surface area contributed by atoms with Gasteiger partial charge in [-0.15, -0.1) is 0 Å². The molecule has 0 N–H and O–H groups in total. The van der Waals surface area contributed by atoms with E-state index < -0.39 is 6.61 Å². The summed E-state index contributed by atoms with van der Waals surface area (Å²) in [4.78, 5) is 12.5. The monoisotopic (exact) mass is 358 g/mol. The number of ether oxygens (including phenoxy) is 1. The summed E-state index contributed by atoms with van der Waals surface area (Å²) in [6.45, 7) is 0.939. The van der Waals surface area contributed by atoms with Gasteiger partial charge in [-0.05, 0) is 54.0 Å². The molecule has 0 aliphatic rings. The van der Waals surface area contributed by atoms with E-state index in [1.807, 2.05) is 13.8 Å². The Balaban J connectivity index is 2.30. The molecule has 0 aliphatic heterocycles. The van der Waals surface area contributed by atoms with E-state index in [-0.39, 0.29) is 17.6 Å². The van der Waals surface area contributed by atoms with Crippen molar-refractivity contribution in [1.82, 2.24) is 9.78 Å². The molecule has 0 bridgehead atoms. The minimum atomic E-state index is -2.89. The van der Waals surface area contributed by atoms with Crippen LogP contribution >= 0.6 is 15.9 Å². The van der Waals surface area contributed by atoms with Crippen LogP contribution in [0.3, 0.4) is 0 Å². The zero-order chi connectivity index (χ0) is 15.6. The van der Waals surface area contributed by atoms with Crippen LogP contribution in [0.5, 0.6) is 5.75 Å². The van der Waals surface area contributed by atoms with E-state index >= 15 is 0 Å². The third-order valence-corrected chi connectivity index (χ3v) is 3.38. The van der Waals surface area contributed by atoms with Gasteiger partial charge >= 0.3 is 6.61 Å². The van der Waals surface area contributed by atoms with Gasteiger partial charge in [0.25, 0.3) is 0 Å². The first-order valence-corrected chi connectivity index (χ1v) is 7.02. The standard InChI is InChI=1S/C14H13BrF2N2O2/c1-8(2)19-12(11(15)7-18-19)13(20)9-3-5-10(6-4-9)21-14(16)17/h3-8,14H,1-2H3. The summed E-state index contributed by atoms with van der Waals surface area (Å²) in [6, 6.07) is 5.60. The number of rotatable bonds is 5. The molecule has 0 saturated carbocycles. The fourth-order valence-electron chi connectivity index (χ4n) is 1.87. The number of halogens is 3. The molecule has 0 fully saturated rings. The van der Waals surface area contributed by atoms with Gasteiger partial charge in [-0.25, -0.2) is 0 Å². The molecule has 0 aliphatic carbocycles. The van der Waals surface area contributed by atoms with Gasteiger partial charge < -0.3 is 4.74 Å². The second-order valence-electron chi connectivity index (χ2n) is 4.61. The van der Waals surface area contributed by atoms with E-state index in [0.717, 1.165) is 0 Å². The number of hydrogen-bond donors (Lipinski definition) is 0. The van der Waals surface area contributed by atoms with Crippen molar-refractivity contribution in [1.29, 1.82) is 0 Å². The Morgan fingerprint density at radius 3 is 2.43 bits per heavy atom. The summed E-state index contributed by atoms with van der Waals surface area (Å²) < 4.78 is 30.6. The lowest BCUT2D eigenvalue weighted by atomic mass is 10.1. The fraction of sp³-hybridized carbons (Fsp3) is 0.286. The highest BCUT2D eigenvalue weighted by Crippen LogP contribution is 2.24. The second kappa shape index (κ2) is 6.34. The molecular formula is C14H13BrF2N2O2. The molecule has 0 radical (unpaired) electrons. The molecule has 7 heteroatoms. The molecule has 0 atom stereocenters. The number of aromatic nitrogens is 2. The Bertz CT molecular complexity index is 639. The number of carbonyl (C=O) groups excluding carboxylic acids is 1. The van der Waals surface area contributed by atoms with Gasteiger partial charge in [0.1, 0.15) is 11.4 Å². The normalized spacial score (nSPS) is 11.2. The number of ketones is 1. The first-order chi connectivity index (χ1) is 9.90. The molecule has 21 heavy (non-hydrogen) atoms. The van der Waals surface area contributed by atoms with Gasteiger partial charge in [0.15, 0.2) is 0 Å². The van der Waals surface area contributed by atoms with Crippen LogP contribution in [0, 0.1) is 0 Å². The van der Waals surface area contributed by atoms with E-state index in [1.54, 1.807) is 10.9 Å². The topological polar surface area (TPSA) is 44.1 Å². The molecule has 1 aromatic heterocycles. The summed E-state index contributed by atoms with van der Waals surface area (Å²) in [5, 5.41) is 4.14. The van der Waals surface area contributed by atoms with Crippen LogP contribution in [0.15, 0.2) is 34.9 Å². The van der Waals surface area contributed by atoms with Crippen molar-refractivity contribution in [3.05, 3.63) is 46.2 Å². The maximum atomic E-state index is 12.5.